The first-order chi connectivity index (χ1) is 12.9. The highest BCUT2D eigenvalue weighted by molar-refractivity contribution is 5.90. The van der Waals surface area contributed by atoms with E-state index in [2.05, 4.69) is 6.58 Å². The molecule has 2 aromatic carbocycles. The second kappa shape index (κ2) is 6.39. The largest absolute Gasteiger partial charge is 0.489 e. The van der Waals surface area contributed by atoms with Gasteiger partial charge in [0.1, 0.15) is 23.8 Å². The second-order valence-electron chi connectivity index (χ2n) is 6.41. The van der Waals surface area contributed by atoms with Crippen molar-refractivity contribution in [3.63, 3.8) is 0 Å². The summed E-state index contributed by atoms with van der Waals surface area (Å²) < 4.78 is 29.9. The van der Waals surface area contributed by atoms with Gasteiger partial charge in [0.15, 0.2) is 5.60 Å². The summed E-state index contributed by atoms with van der Waals surface area (Å²) >= 11 is 0. The first-order valence-electron chi connectivity index (χ1n) is 8.29. The van der Waals surface area contributed by atoms with E-state index < -0.39 is 17.2 Å². The van der Waals surface area contributed by atoms with E-state index in [9.17, 15) is 14.0 Å². The minimum Gasteiger partial charge on any atom is -0.489 e. The molecule has 0 amide bonds. The summed E-state index contributed by atoms with van der Waals surface area (Å²) in [5.41, 5.74) is -0.211. The maximum atomic E-state index is 13.3. The zero-order chi connectivity index (χ0) is 19.0. The molecule has 2 heterocycles. The van der Waals surface area contributed by atoms with Gasteiger partial charge in [0.05, 0.1) is 0 Å². The van der Waals surface area contributed by atoms with E-state index in [0.29, 0.717) is 22.5 Å². The van der Waals surface area contributed by atoms with E-state index in [-0.39, 0.29) is 18.8 Å². The van der Waals surface area contributed by atoms with Crippen LogP contribution in [0.25, 0.3) is 11.0 Å². The van der Waals surface area contributed by atoms with Crippen molar-refractivity contribution in [1.29, 1.82) is 0 Å². The molecule has 1 saturated heterocycles. The second-order valence-corrected chi connectivity index (χ2v) is 6.41. The lowest BCUT2D eigenvalue weighted by Gasteiger charge is -2.28. The summed E-state index contributed by atoms with van der Waals surface area (Å²) in [5, 5.41) is 0.760. The van der Waals surface area contributed by atoms with Gasteiger partial charge in [0, 0.05) is 29.5 Å². The highest BCUT2D eigenvalue weighted by Gasteiger charge is 2.45. The Balaban J connectivity index is 1.65. The third kappa shape index (κ3) is 3.21. The average molecular weight is 366 g/mol. The molecule has 0 spiro atoms. The third-order valence-corrected chi connectivity index (χ3v) is 4.51. The molecule has 1 aliphatic rings. The molecule has 0 aliphatic carbocycles. The van der Waals surface area contributed by atoms with Gasteiger partial charge < -0.3 is 13.9 Å². The van der Waals surface area contributed by atoms with Crippen LogP contribution in [0.15, 0.2) is 76.0 Å². The van der Waals surface area contributed by atoms with Gasteiger partial charge in [-0.05, 0) is 35.9 Å². The zero-order valence-electron chi connectivity index (χ0n) is 14.2. The molecule has 27 heavy (non-hydrogen) atoms. The van der Waals surface area contributed by atoms with Crippen molar-refractivity contribution < 1.29 is 23.1 Å². The van der Waals surface area contributed by atoms with E-state index in [0.717, 1.165) is 5.39 Å². The number of rotatable bonds is 4. The number of cyclic esters (lactones) is 1. The quantitative estimate of drug-likeness (QED) is 0.400. The Bertz CT molecular complexity index is 1080. The standard InChI is InChI=1S/C21H15FO5/c1-13-11-21(27-20(13)24,15-4-6-16(22)7-5-15)12-25-17-8-2-14-3-9-19(23)26-18(14)10-17/h2-10H,1,11-12H2. The predicted molar refractivity (Wildman–Crippen MR) is 95.9 cm³/mol. The predicted octanol–water partition coefficient (Wildman–Crippen LogP) is 3.71. The number of hydrogen-bond donors (Lipinski definition) is 0. The Hall–Kier alpha value is -3.41. The first-order valence-corrected chi connectivity index (χ1v) is 8.29. The minimum atomic E-state index is -1.09. The van der Waals surface area contributed by atoms with Gasteiger partial charge in [-0.25, -0.2) is 14.0 Å². The monoisotopic (exact) mass is 366 g/mol. The number of ether oxygens (including phenoxy) is 2. The fraction of sp³-hybridized carbons (Fsp3) is 0.143. The van der Waals surface area contributed by atoms with Crippen molar-refractivity contribution in [2.24, 2.45) is 0 Å². The SMILES string of the molecule is C=C1CC(COc2ccc3ccc(=O)oc3c2)(c2ccc(F)cc2)OC1=O. The fourth-order valence-corrected chi connectivity index (χ4v) is 3.11. The van der Waals surface area contributed by atoms with Crippen molar-refractivity contribution in [2.45, 2.75) is 12.0 Å². The van der Waals surface area contributed by atoms with Crippen molar-refractivity contribution in [2.75, 3.05) is 6.61 Å². The van der Waals surface area contributed by atoms with Gasteiger partial charge in [-0.3, -0.25) is 0 Å². The molecule has 1 fully saturated rings. The molecule has 3 aromatic rings. The lowest BCUT2D eigenvalue weighted by Crippen LogP contribution is -2.33. The lowest BCUT2D eigenvalue weighted by atomic mass is 9.90. The summed E-state index contributed by atoms with van der Waals surface area (Å²) in [5.74, 6) is -0.443. The topological polar surface area (TPSA) is 65.7 Å². The number of carbonyl (C=O) groups excluding carboxylic acids is 1. The summed E-state index contributed by atoms with van der Waals surface area (Å²) in [4.78, 5) is 23.3. The molecule has 0 saturated carbocycles. The van der Waals surface area contributed by atoms with E-state index in [4.69, 9.17) is 13.9 Å². The normalized spacial score (nSPS) is 19.3. The van der Waals surface area contributed by atoms with Crippen molar-refractivity contribution in [3.05, 3.63) is 88.6 Å². The van der Waals surface area contributed by atoms with Crippen LogP contribution in [-0.2, 0) is 15.1 Å². The summed E-state index contributed by atoms with van der Waals surface area (Å²) in [6.07, 6.45) is 0.236. The molecule has 6 heteroatoms. The lowest BCUT2D eigenvalue weighted by molar-refractivity contribution is -0.150. The Kier molecular flexibility index (Phi) is 4.03. The molecule has 136 valence electrons. The van der Waals surface area contributed by atoms with Crippen LogP contribution >= 0.6 is 0 Å². The minimum absolute atomic E-state index is 0.00592. The highest BCUT2D eigenvalue weighted by Crippen LogP contribution is 2.39. The molecule has 1 unspecified atom stereocenters. The van der Waals surface area contributed by atoms with Crippen LogP contribution in [0.2, 0.25) is 0 Å². The van der Waals surface area contributed by atoms with Gasteiger partial charge in [-0.1, -0.05) is 18.7 Å². The number of halogens is 1. The van der Waals surface area contributed by atoms with Crippen LogP contribution in [0.4, 0.5) is 4.39 Å². The summed E-state index contributed by atoms with van der Waals surface area (Å²) in [7, 11) is 0. The van der Waals surface area contributed by atoms with E-state index >= 15 is 0 Å². The Morgan fingerprint density at radius 3 is 2.52 bits per heavy atom. The van der Waals surface area contributed by atoms with Gasteiger partial charge in [0.2, 0.25) is 0 Å². The van der Waals surface area contributed by atoms with Crippen LogP contribution in [0.5, 0.6) is 5.75 Å². The van der Waals surface area contributed by atoms with Crippen LogP contribution in [0.1, 0.15) is 12.0 Å². The van der Waals surface area contributed by atoms with Crippen molar-refractivity contribution in [3.8, 4) is 5.75 Å². The maximum Gasteiger partial charge on any atom is 0.336 e. The van der Waals surface area contributed by atoms with Gasteiger partial charge in [-0.2, -0.15) is 0 Å². The summed E-state index contributed by atoms with van der Waals surface area (Å²) in [6.45, 7) is 3.73. The molecule has 1 aromatic heterocycles. The molecule has 1 atom stereocenters. The Labute approximate surface area is 153 Å². The van der Waals surface area contributed by atoms with E-state index in [1.54, 1.807) is 36.4 Å². The first kappa shape index (κ1) is 17.0. The van der Waals surface area contributed by atoms with Gasteiger partial charge >= 0.3 is 11.6 Å². The van der Waals surface area contributed by atoms with E-state index in [1.165, 1.54) is 18.2 Å². The molecule has 5 nitrogen and oxygen atoms in total. The molecule has 0 radical (unpaired) electrons. The molecule has 0 N–H and O–H groups in total. The number of esters is 1. The number of benzene rings is 2. The van der Waals surface area contributed by atoms with Crippen LogP contribution < -0.4 is 10.4 Å². The number of carbonyl (C=O) groups is 1. The van der Waals surface area contributed by atoms with Crippen LogP contribution in [0, 0.1) is 5.82 Å². The van der Waals surface area contributed by atoms with Gasteiger partial charge in [0.25, 0.3) is 0 Å². The third-order valence-electron chi connectivity index (χ3n) is 4.51. The van der Waals surface area contributed by atoms with Crippen LogP contribution in [-0.4, -0.2) is 12.6 Å². The molecule has 0 bridgehead atoms. The Morgan fingerprint density at radius 2 is 1.81 bits per heavy atom. The number of hydrogen-bond acceptors (Lipinski definition) is 5. The van der Waals surface area contributed by atoms with Crippen LogP contribution in [0.3, 0.4) is 0 Å². The Morgan fingerprint density at radius 1 is 1.07 bits per heavy atom. The van der Waals surface area contributed by atoms with Gasteiger partial charge in [-0.15, -0.1) is 0 Å². The summed E-state index contributed by atoms with van der Waals surface area (Å²) in [6, 6.07) is 13.8. The molecule has 4 rings (SSSR count). The van der Waals surface area contributed by atoms with Crippen molar-refractivity contribution >= 4 is 16.9 Å². The highest BCUT2D eigenvalue weighted by atomic mass is 19.1. The van der Waals surface area contributed by atoms with Crippen molar-refractivity contribution in [1.82, 2.24) is 0 Å². The molecular weight excluding hydrogens is 351 g/mol. The molecule has 1 aliphatic heterocycles. The zero-order valence-corrected chi connectivity index (χ0v) is 14.2. The smallest absolute Gasteiger partial charge is 0.336 e. The fourth-order valence-electron chi connectivity index (χ4n) is 3.11. The molecular formula is C21H15FO5. The number of fused-ring (bicyclic) bond motifs is 1. The van der Waals surface area contributed by atoms with E-state index in [1.807, 2.05) is 0 Å². The average Bonchev–Trinajstić information content (AvgIpc) is 2.95. The maximum absolute atomic E-state index is 13.3.